The van der Waals surface area contributed by atoms with Crippen molar-refractivity contribution in [1.29, 1.82) is 0 Å². The summed E-state index contributed by atoms with van der Waals surface area (Å²) < 4.78 is 0. The Morgan fingerprint density at radius 2 is 2.31 bits per heavy atom. The van der Waals surface area contributed by atoms with Crippen LogP contribution in [0, 0.1) is 0 Å². The Morgan fingerprint density at radius 3 is 2.94 bits per heavy atom. The van der Waals surface area contributed by atoms with Crippen LogP contribution in [-0.2, 0) is 4.79 Å². The Hall–Kier alpha value is -0.610. The van der Waals surface area contributed by atoms with E-state index < -0.39 is 0 Å². The molecule has 1 unspecified atom stereocenters. The molecule has 0 aliphatic carbocycles. The Kier molecular flexibility index (Phi) is 5.77. The van der Waals surface area contributed by atoms with Gasteiger partial charge in [-0.3, -0.25) is 4.79 Å². The number of nitrogens with one attached hydrogen (secondary N) is 1. The van der Waals surface area contributed by atoms with Crippen molar-refractivity contribution in [1.82, 2.24) is 15.1 Å². The lowest BCUT2D eigenvalue weighted by Gasteiger charge is -2.33. The second-order valence-corrected chi connectivity index (χ2v) is 4.71. The van der Waals surface area contributed by atoms with Gasteiger partial charge in [0.1, 0.15) is 0 Å². The van der Waals surface area contributed by atoms with Gasteiger partial charge in [-0.2, -0.15) is 0 Å². The van der Waals surface area contributed by atoms with E-state index in [-0.39, 0.29) is 5.91 Å². The highest BCUT2D eigenvalue weighted by Crippen LogP contribution is 2.07. The van der Waals surface area contributed by atoms with Gasteiger partial charge >= 0.3 is 0 Å². The molecule has 4 heteroatoms. The van der Waals surface area contributed by atoms with Crippen LogP contribution < -0.4 is 5.32 Å². The highest BCUT2D eigenvalue weighted by atomic mass is 16.2. The molecule has 1 fully saturated rings. The number of hydrogen-bond acceptors (Lipinski definition) is 3. The van der Waals surface area contributed by atoms with Crippen molar-refractivity contribution >= 4 is 5.91 Å². The number of carbonyl (C=O) groups is 1. The molecule has 1 rings (SSSR count). The predicted octanol–water partition coefficient (Wildman–Crippen LogP) is 0.539. The van der Waals surface area contributed by atoms with Crippen molar-refractivity contribution in [2.75, 3.05) is 40.3 Å². The molecule has 1 aliphatic rings. The van der Waals surface area contributed by atoms with Crippen LogP contribution in [0.15, 0.2) is 0 Å². The Morgan fingerprint density at radius 1 is 1.56 bits per heavy atom. The molecule has 1 heterocycles. The fraction of sp³-hybridized carbons (Fsp3) is 0.917. The smallest absolute Gasteiger partial charge is 0.223 e. The number of likely N-dealkylation sites (N-methyl/N-ethyl adjacent to an activating group) is 1. The quantitative estimate of drug-likeness (QED) is 0.744. The van der Waals surface area contributed by atoms with Gasteiger partial charge in [0, 0.05) is 45.7 Å². The van der Waals surface area contributed by atoms with Gasteiger partial charge in [0.15, 0.2) is 0 Å². The molecule has 0 aromatic heterocycles. The number of hydrogen-bond donors (Lipinski definition) is 1. The number of piperazine rings is 1. The van der Waals surface area contributed by atoms with Gasteiger partial charge in [0.05, 0.1) is 0 Å². The fourth-order valence-corrected chi connectivity index (χ4v) is 1.97. The average molecular weight is 227 g/mol. The normalized spacial score (nSPS) is 22.1. The van der Waals surface area contributed by atoms with E-state index in [1.54, 1.807) is 0 Å². The maximum Gasteiger partial charge on any atom is 0.223 e. The zero-order chi connectivity index (χ0) is 12.0. The van der Waals surface area contributed by atoms with E-state index in [2.05, 4.69) is 24.2 Å². The minimum atomic E-state index is 0.272. The molecular weight excluding hydrogens is 202 g/mol. The first kappa shape index (κ1) is 13.5. The fourth-order valence-electron chi connectivity index (χ4n) is 1.97. The molecule has 16 heavy (non-hydrogen) atoms. The molecule has 94 valence electrons. The first-order valence-corrected chi connectivity index (χ1v) is 6.30. The summed E-state index contributed by atoms with van der Waals surface area (Å²) in [6.07, 6.45) is 2.88. The molecule has 0 aromatic carbocycles. The molecule has 1 amide bonds. The first-order chi connectivity index (χ1) is 7.65. The molecule has 1 aliphatic heterocycles. The maximum atomic E-state index is 11.9. The Balaban J connectivity index is 2.31. The zero-order valence-corrected chi connectivity index (χ0v) is 10.8. The van der Waals surface area contributed by atoms with E-state index in [9.17, 15) is 4.79 Å². The molecule has 1 saturated heterocycles. The van der Waals surface area contributed by atoms with Gasteiger partial charge < -0.3 is 15.1 Å². The predicted molar refractivity (Wildman–Crippen MR) is 66.4 cm³/mol. The lowest BCUT2D eigenvalue weighted by molar-refractivity contribution is -0.131. The van der Waals surface area contributed by atoms with Crippen LogP contribution in [0.1, 0.15) is 26.2 Å². The largest absolute Gasteiger partial charge is 0.346 e. The average Bonchev–Trinajstić information content (AvgIpc) is 2.28. The number of nitrogens with zero attached hydrogens (tertiary/aromatic N) is 2. The minimum Gasteiger partial charge on any atom is -0.346 e. The molecule has 0 radical (unpaired) electrons. The molecule has 1 N–H and O–H groups in total. The Labute approximate surface area is 99.0 Å². The summed E-state index contributed by atoms with van der Waals surface area (Å²) in [7, 11) is 4.01. The molecular formula is C12H25N3O. The monoisotopic (exact) mass is 227 g/mol. The number of rotatable bonds is 5. The standard InChI is InChI=1S/C12H25N3O/c1-4-5-7-15(3)12(16)9-11-10-13-6-8-14(11)2/h11,13H,4-10H2,1-3H3. The third kappa shape index (κ3) is 4.10. The van der Waals surface area contributed by atoms with Gasteiger partial charge in [-0.15, -0.1) is 0 Å². The molecule has 0 spiro atoms. The zero-order valence-electron chi connectivity index (χ0n) is 10.8. The van der Waals surface area contributed by atoms with E-state index in [1.165, 1.54) is 0 Å². The van der Waals surface area contributed by atoms with Crippen molar-refractivity contribution < 1.29 is 4.79 Å². The molecule has 0 bridgehead atoms. The second-order valence-electron chi connectivity index (χ2n) is 4.71. The van der Waals surface area contributed by atoms with Crippen molar-refractivity contribution in [3.8, 4) is 0 Å². The van der Waals surface area contributed by atoms with Gasteiger partial charge in [-0.05, 0) is 13.5 Å². The van der Waals surface area contributed by atoms with Crippen molar-refractivity contribution in [3.63, 3.8) is 0 Å². The van der Waals surface area contributed by atoms with Crippen molar-refractivity contribution in [2.45, 2.75) is 32.2 Å². The highest BCUT2D eigenvalue weighted by Gasteiger charge is 2.22. The van der Waals surface area contributed by atoms with E-state index in [0.717, 1.165) is 39.0 Å². The van der Waals surface area contributed by atoms with Crippen molar-refractivity contribution in [3.05, 3.63) is 0 Å². The third-order valence-electron chi connectivity index (χ3n) is 3.33. The van der Waals surface area contributed by atoms with Crippen LogP contribution in [0.25, 0.3) is 0 Å². The number of amides is 1. The summed E-state index contributed by atoms with van der Waals surface area (Å²) >= 11 is 0. The van der Waals surface area contributed by atoms with Crippen LogP contribution >= 0.6 is 0 Å². The van der Waals surface area contributed by atoms with Crippen LogP contribution in [-0.4, -0.2) is 62.0 Å². The summed E-state index contributed by atoms with van der Waals surface area (Å²) in [6, 6.07) is 0.366. The molecule has 0 aromatic rings. The number of unbranched alkanes of at least 4 members (excludes halogenated alkanes) is 1. The first-order valence-electron chi connectivity index (χ1n) is 6.30. The van der Waals surface area contributed by atoms with Gasteiger partial charge in [0.25, 0.3) is 0 Å². The van der Waals surface area contributed by atoms with Crippen LogP contribution in [0.3, 0.4) is 0 Å². The third-order valence-corrected chi connectivity index (χ3v) is 3.33. The lowest BCUT2D eigenvalue weighted by atomic mass is 10.1. The summed E-state index contributed by atoms with van der Waals surface area (Å²) in [6.45, 7) is 6.05. The van der Waals surface area contributed by atoms with Crippen molar-refractivity contribution in [2.24, 2.45) is 0 Å². The molecule has 0 saturated carbocycles. The molecule has 4 nitrogen and oxygen atoms in total. The summed E-state index contributed by atoms with van der Waals surface area (Å²) in [5.74, 6) is 0.272. The van der Waals surface area contributed by atoms with E-state index in [4.69, 9.17) is 0 Å². The second kappa shape index (κ2) is 6.86. The maximum absolute atomic E-state index is 11.9. The summed E-state index contributed by atoms with van der Waals surface area (Å²) in [5.41, 5.74) is 0. The van der Waals surface area contributed by atoms with E-state index in [1.807, 2.05) is 11.9 Å². The van der Waals surface area contributed by atoms with E-state index >= 15 is 0 Å². The van der Waals surface area contributed by atoms with Gasteiger partial charge in [0.2, 0.25) is 5.91 Å². The highest BCUT2D eigenvalue weighted by molar-refractivity contribution is 5.76. The van der Waals surface area contributed by atoms with Crippen LogP contribution in [0.5, 0.6) is 0 Å². The van der Waals surface area contributed by atoms with E-state index in [0.29, 0.717) is 12.5 Å². The topological polar surface area (TPSA) is 35.6 Å². The summed E-state index contributed by atoms with van der Waals surface area (Å²) in [4.78, 5) is 16.1. The van der Waals surface area contributed by atoms with Crippen LogP contribution in [0.2, 0.25) is 0 Å². The number of carbonyl (C=O) groups excluding carboxylic acids is 1. The van der Waals surface area contributed by atoms with Gasteiger partial charge in [-0.1, -0.05) is 13.3 Å². The SMILES string of the molecule is CCCCN(C)C(=O)CC1CNCCN1C. The Bertz CT molecular complexity index is 220. The van der Waals surface area contributed by atoms with Gasteiger partial charge in [-0.25, -0.2) is 0 Å². The molecule has 1 atom stereocenters. The van der Waals surface area contributed by atoms with Crippen LogP contribution in [0.4, 0.5) is 0 Å². The minimum absolute atomic E-state index is 0.272. The lowest BCUT2D eigenvalue weighted by Crippen LogP contribution is -2.51. The summed E-state index contributed by atoms with van der Waals surface area (Å²) in [5, 5.41) is 3.34.